The molecule has 0 aliphatic heterocycles. The number of aliphatic imine (C=N–C) groups is 2. The molecule has 0 radical (unpaired) electrons. The summed E-state index contributed by atoms with van der Waals surface area (Å²) < 4.78 is 32.1. The van der Waals surface area contributed by atoms with Crippen LogP contribution in [0.3, 0.4) is 0 Å². The summed E-state index contributed by atoms with van der Waals surface area (Å²) in [5, 5.41) is 9.32. The Bertz CT molecular complexity index is 1200. The molecule has 0 unspecified atom stereocenters. The minimum Gasteiger partial charge on any atom is -0.497 e. The number of rotatable bonds is 13. The summed E-state index contributed by atoms with van der Waals surface area (Å²) in [7, 11) is 1.51. The molecular weight excluding hydrogens is 475 g/mol. The standard InChI is InChI=1S/C29H33FN2O5/c1-18(17-36-23-9-4-6-20(14-23)24(16-27(33)34)19-10-11-19)32-29(37-21-7-5-8-21)28(31-2)25-15-22(35-3)12-13-26(25)30/h4,6,9,12-15,19,21,24H,2,5,7-8,10-11,16-17H2,1,3H3,(H,33,34)/b29-28+,32-18+/t24-/m0/s1. The highest BCUT2D eigenvalue weighted by atomic mass is 19.1. The number of ether oxygens (including phenoxy) is 3. The van der Waals surface area contributed by atoms with Gasteiger partial charge in [-0.15, -0.1) is 0 Å². The van der Waals surface area contributed by atoms with Gasteiger partial charge >= 0.3 is 5.97 Å². The second-order valence-electron chi connectivity index (χ2n) is 9.58. The Morgan fingerprint density at radius 2 is 1.95 bits per heavy atom. The van der Waals surface area contributed by atoms with Gasteiger partial charge in [-0.3, -0.25) is 9.79 Å². The van der Waals surface area contributed by atoms with E-state index in [2.05, 4.69) is 16.7 Å². The van der Waals surface area contributed by atoms with Crippen LogP contribution < -0.4 is 9.47 Å². The summed E-state index contributed by atoms with van der Waals surface area (Å²) in [4.78, 5) is 20.0. The number of carboxylic acids is 1. The lowest BCUT2D eigenvalue weighted by Crippen LogP contribution is -2.22. The smallest absolute Gasteiger partial charge is 0.303 e. The van der Waals surface area contributed by atoms with Crippen LogP contribution in [0.25, 0.3) is 5.70 Å². The molecular formula is C29H33FN2O5. The van der Waals surface area contributed by atoms with Crippen molar-refractivity contribution >= 4 is 24.1 Å². The van der Waals surface area contributed by atoms with E-state index in [-0.39, 0.29) is 42.2 Å². The number of aliphatic carboxylic acids is 1. The first-order valence-corrected chi connectivity index (χ1v) is 12.6. The predicted octanol–water partition coefficient (Wildman–Crippen LogP) is 6.24. The Kier molecular flexibility index (Phi) is 8.58. The Morgan fingerprint density at radius 3 is 2.57 bits per heavy atom. The van der Waals surface area contributed by atoms with Crippen LogP contribution in [0, 0.1) is 11.7 Å². The van der Waals surface area contributed by atoms with Gasteiger partial charge in [0.25, 0.3) is 0 Å². The van der Waals surface area contributed by atoms with Crippen LogP contribution in [0.15, 0.2) is 58.3 Å². The van der Waals surface area contributed by atoms with Crippen molar-refractivity contribution in [3.63, 3.8) is 0 Å². The zero-order valence-corrected chi connectivity index (χ0v) is 21.3. The summed E-state index contributed by atoms with van der Waals surface area (Å²) in [6, 6.07) is 12.0. The van der Waals surface area contributed by atoms with Crippen LogP contribution in [0.1, 0.15) is 62.5 Å². The van der Waals surface area contributed by atoms with E-state index in [4.69, 9.17) is 14.2 Å². The lowest BCUT2D eigenvalue weighted by molar-refractivity contribution is -0.137. The lowest BCUT2D eigenvalue weighted by Gasteiger charge is -2.27. The van der Waals surface area contributed by atoms with Crippen molar-refractivity contribution in [1.29, 1.82) is 0 Å². The number of benzene rings is 2. The monoisotopic (exact) mass is 508 g/mol. The van der Waals surface area contributed by atoms with Gasteiger partial charge < -0.3 is 19.3 Å². The molecule has 2 aliphatic carbocycles. The fourth-order valence-corrected chi connectivity index (χ4v) is 4.33. The summed E-state index contributed by atoms with van der Waals surface area (Å²) in [6.45, 7) is 5.60. The van der Waals surface area contributed by atoms with Crippen LogP contribution >= 0.6 is 0 Å². The predicted molar refractivity (Wildman–Crippen MR) is 141 cm³/mol. The maximum absolute atomic E-state index is 14.7. The van der Waals surface area contributed by atoms with Crippen molar-refractivity contribution in [2.75, 3.05) is 13.7 Å². The van der Waals surface area contributed by atoms with Crippen molar-refractivity contribution < 1.29 is 28.5 Å². The van der Waals surface area contributed by atoms with Crippen molar-refractivity contribution in [2.45, 2.75) is 57.5 Å². The minimum atomic E-state index is -0.795. The zero-order chi connectivity index (χ0) is 26.4. The number of hydrogen-bond donors (Lipinski definition) is 1. The van der Waals surface area contributed by atoms with Gasteiger partial charge in [0.05, 0.1) is 19.2 Å². The molecule has 1 atom stereocenters. The van der Waals surface area contributed by atoms with E-state index in [0.29, 0.717) is 23.1 Å². The van der Waals surface area contributed by atoms with Gasteiger partial charge in [-0.05, 0) is 93.5 Å². The van der Waals surface area contributed by atoms with E-state index in [9.17, 15) is 14.3 Å². The third-order valence-corrected chi connectivity index (χ3v) is 6.73. The average molecular weight is 509 g/mol. The quantitative estimate of drug-likeness (QED) is 0.256. The second-order valence-corrected chi connectivity index (χ2v) is 9.58. The van der Waals surface area contributed by atoms with Crippen LogP contribution in [0.2, 0.25) is 0 Å². The summed E-state index contributed by atoms with van der Waals surface area (Å²) in [5.41, 5.74) is 1.97. The molecule has 0 saturated heterocycles. The molecule has 2 aromatic rings. The first-order chi connectivity index (χ1) is 17.9. The van der Waals surface area contributed by atoms with Gasteiger partial charge in [-0.1, -0.05) is 12.1 Å². The van der Waals surface area contributed by atoms with Crippen molar-refractivity contribution in [2.24, 2.45) is 15.9 Å². The first kappa shape index (κ1) is 26.4. The number of carboxylic acid groups (broad SMARTS) is 1. The molecule has 1 N–H and O–H groups in total. The molecule has 0 aromatic heterocycles. The largest absolute Gasteiger partial charge is 0.497 e. The summed E-state index contributed by atoms with van der Waals surface area (Å²) in [5.74, 6) is 0.429. The molecule has 37 heavy (non-hydrogen) atoms. The molecule has 7 nitrogen and oxygen atoms in total. The maximum atomic E-state index is 14.7. The highest BCUT2D eigenvalue weighted by molar-refractivity contribution is 5.85. The SMILES string of the molecule is C=N/C(=C(\N=C(/C)COc1cccc([C@@H](CC(=O)O)C2CC2)c1)OC1CCC1)c1cc(OC)ccc1F. The Balaban J connectivity index is 1.55. The molecule has 0 amide bonds. The van der Waals surface area contributed by atoms with E-state index >= 15 is 0 Å². The summed E-state index contributed by atoms with van der Waals surface area (Å²) in [6.07, 6.45) is 5.06. The van der Waals surface area contributed by atoms with Crippen LogP contribution in [-0.2, 0) is 9.53 Å². The Labute approximate surface area is 216 Å². The van der Waals surface area contributed by atoms with E-state index in [1.54, 1.807) is 13.0 Å². The van der Waals surface area contributed by atoms with Gasteiger partial charge in [-0.25, -0.2) is 9.38 Å². The van der Waals surface area contributed by atoms with Crippen LogP contribution in [0.4, 0.5) is 4.39 Å². The molecule has 8 heteroatoms. The van der Waals surface area contributed by atoms with Crippen molar-refractivity contribution in [3.8, 4) is 11.5 Å². The zero-order valence-electron chi connectivity index (χ0n) is 21.3. The van der Waals surface area contributed by atoms with Gasteiger partial charge in [0, 0.05) is 5.56 Å². The highest BCUT2D eigenvalue weighted by Crippen LogP contribution is 2.45. The molecule has 2 aromatic carbocycles. The average Bonchev–Trinajstić information content (AvgIpc) is 3.70. The fraction of sp³-hybridized carbons (Fsp3) is 0.414. The lowest BCUT2D eigenvalue weighted by atomic mass is 9.91. The minimum absolute atomic E-state index is 0.0110. The highest BCUT2D eigenvalue weighted by Gasteiger charge is 2.33. The molecule has 4 rings (SSSR count). The van der Waals surface area contributed by atoms with E-state index in [1.165, 1.54) is 19.2 Å². The van der Waals surface area contributed by atoms with Crippen LogP contribution in [-0.4, -0.2) is 43.3 Å². The van der Waals surface area contributed by atoms with Gasteiger partial charge in [-0.2, -0.15) is 0 Å². The molecule has 2 saturated carbocycles. The van der Waals surface area contributed by atoms with Crippen LogP contribution in [0.5, 0.6) is 11.5 Å². The second kappa shape index (κ2) is 12.0. The molecule has 0 heterocycles. The number of methoxy groups -OCH3 is 1. The van der Waals surface area contributed by atoms with E-state index in [1.807, 2.05) is 24.3 Å². The Hall–Kier alpha value is -3.68. The Morgan fingerprint density at radius 1 is 1.16 bits per heavy atom. The van der Waals surface area contributed by atoms with Gasteiger partial charge in [0.1, 0.15) is 35.7 Å². The molecule has 0 spiro atoms. The third-order valence-electron chi connectivity index (χ3n) is 6.73. The first-order valence-electron chi connectivity index (χ1n) is 12.6. The van der Waals surface area contributed by atoms with E-state index in [0.717, 1.165) is 37.7 Å². The third kappa shape index (κ3) is 6.96. The fourth-order valence-electron chi connectivity index (χ4n) is 4.33. The normalized spacial score (nSPS) is 17.3. The summed E-state index contributed by atoms with van der Waals surface area (Å²) >= 11 is 0. The molecule has 196 valence electrons. The van der Waals surface area contributed by atoms with Gasteiger partial charge in [0.2, 0.25) is 5.88 Å². The molecule has 0 bridgehead atoms. The van der Waals surface area contributed by atoms with Crippen molar-refractivity contribution in [1.82, 2.24) is 0 Å². The van der Waals surface area contributed by atoms with Gasteiger partial charge in [0.15, 0.2) is 0 Å². The van der Waals surface area contributed by atoms with E-state index < -0.39 is 11.8 Å². The molecule has 2 fully saturated rings. The van der Waals surface area contributed by atoms with Crippen molar-refractivity contribution in [3.05, 3.63) is 65.3 Å². The maximum Gasteiger partial charge on any atom is 0.303 e. The number of carbonyl (C=O) groups is 1. The number of halogens is 1. The molecule has 2 aliphatic rings. The number of nitrogens with zero attached hydrogens (tertiary/aromatic N) is 2. The topological polar surface area (TPSA) is 89.7 Å². The number of hydrogen-bond acceptors (Lipinski definition) is 6.